The van der Waals surface area contributed by atoms with Gasteiger partial charge in [0.15, 0.2) is 0 Å². The van der Waals surface area contributed by atoms with Gasteiger partial charge in [-0.15, -0.1) is 5.10 Å². The van der Waals surface area contributed by atoms with Crippen LogP contribution in [0, 0.1) is 6.92 Å². The summed E-state index contributed by atoms with van der Waals surface area (Å²) in [6.45, 7) is 4.37. The van der Waals surface area contributed by atoms with Gasteiger partial charge in [-0.3, -0.25) is 0 Å². The van der Waals surface area contributed by atoms with Gasteiger partial charge in [0.05, 0.1) is 17.6 Å². The lowest BCUT2D eigenvalue weighted by Crippen LogP contribution is -2.46. The Morgan fingerprint density at radius 3 is 2.35 bits per heavy atom. The lowest BCUT2D eigenvalue weighted by atomic mass is 9.90. The highest BCUT2D eigenvalue weighted by molar-refractivity contribution is 5.37. The van der Waals surface area contributed by atoms with Crippen molar-refractivity contribution in [3.05, 3.63) is 36.2 Å². The smallest absolute Gasteiger partial charge is 0.119 e. The summed E-state index contributed by atoms with van der Waals surface area (Å²) >= 11 is 0. The summed E-state index contributed by atoms with van der Waals surface area (Å²) in [6.07, 6.45) is 8.61. The largest absolute Gasteiger partial charge is 0.490 e. The van der Waals surface area contributed by atoms with Crippen molar-refractivity contribution >= 4 is 0 Å². The molecule has 5 nitrogen and oxygen atoms in total. The van der Waals surface area contributed by atoms with Crippen LogP contribution in [0.5, 0.6) is 5.75 Å². The molecule has 1 aromatic heterocycles. The van der Waals surface area contributed by atoms with E-state index < -0.39 is 0 Å². The van der Waals surface area contributed by atoms with Gasteiger partial charge in [0, 0.05) is 19.1 Å². The number of rotatable bonds is 4. The first-order valence-corrected chi connectivity index (χ1v) is 8.68. The molecule has 0 N–H and O–H groups in total. The van der Waals surface area contributed by atoms with Crippen molar-refractivity contribution in [2.24, 2.45) is 0 Å². The van der Waals surface area contributed by atoms with E-state index in [9.17, 15) is 0 Å². The van der Waals surface area contributed by atoms with Crippen molar-refractivity contribution in [1.82, 2.24) is 19.9 Å². The van der Waals surface area contributed by atoms with E-state index in [-0.39, 0.29) is 0 Å². The highest BCUT2D eigenvalue weighted by atomic mass is 16.5. The predicted molar refractivity (Wildman–Crippen MR) is 89.0 cm³/mol. The summed E-state index contributed by atoms with van der Waals surface area (Å²) in [5.41, 5.74) is 2.05. The molecule has 1 saturated carbocycles. The highest BCUT2D eigenvalue weighted by Gasteiger charge is 2.29. The van der Waals surface area contributed by atoms with Gasteiger partial charge in [-0.05, 0) is 56.9 Å². The maximum Gasteiger partial charge on any atom is 0.119 e. The lowest BCUT2D eigenvalue weighted by Gasteiger charge is -2.41. The second-order valence-corrected chi connectivity index (χ2v) is 6.72. The Labute approximate surface area is 137 Å². The second-order valence-electron chi connectivity index (χ2n) is 6.72. The summed E-state index contributed by atoms with van der Waals surface area (Å²) in [6, 6.07) is 9.02. The molecule has 5 heteroatoms. The quantitative estimate of drug-likeness (QED) is 0.870. The number of piperidine rings is 1. The van der Waals surface area contributed by atoms with E-state index in [0.717, 1.165) is 36.0 Å². The predicted octanol–water partition coefficient (Wildman–Crippen LogP) is 2.97. The van der Waals surface area contributed by atoms with E-state index in [1.165, 1.54) is 32.4 Å². The van der Waals surface area contributed by atoms with Crippen molar-refractivity contribution in [3.8, 4) is 11.4 Å². The van der Waals surface area contributed by atoms with Crippen LogP contribution in [0.2, 0.25) is 0 Å². The number of aryl methyl sites for hydroxylation is 1. The van der Waals surface area contributed by atoms with E-state index >= 15 is 0 Å². The molecule has 1 aromatic carbocycles. The van der Waals surface area contributed by atoms with Gasteiger partial charge < -0.3 is 9.64 Å². The Kier molecular flexibility index (Phi) is 4.04. The Bertz CT molecular complexity index is 639. The van der Waals surface area contributed by atoms with Crippen LogP contribution in [-0.2, 0) is 0 Å². The van der Waals surface area contributed by atoms with Crippen LogP contribution in [0.1, 0.15) is 37.8 Å². The third-order valence-corrected chi connectivity index (χ3v) is 5.17. The lowest BCUT2D eigenvalue weighted by molar-refractivity contribution is 0.0493. The number of hydrogen-bond donors (Lipinski definition) is 0. The number of aromatic nitrogens is 3. The summed E-state index contributed by atoms with van der Waals surface area (Å²) in [5, 5.41) is 8.01. The molecular formula is C18H24N4O. The number of ether oxygens (including phenoxy) is 1. The molecule has 4 rings (SSSR count). The maximum atomic E-state index is 6.17. The van der Waals surface area contributed by atoms with Gasteiger partial charge in [-0.1, -0.05) is 11.6 Å². The Hall–Kier alpha value is -1.88. The zero-order valence-electron chi connectivity index (χ0n) is 13.7. The number of nitrogens with zero attached hydrogens (tertiary/aromatic N) is 4. The van der Waals surface area contributed by atoms with Gasteiger partial charge in [0.1, 0.15) is 11.9 Å². The van der Waals surface area contributed by atoms with Crippen molar-refractivity contribution in [2.45, 2.75) is 51.2 Å². The SMILES string of the molecule is Cc1cnnn1-c1ccc(OC2CCN(C3CCC3)CC2)cc1. The average molecular weight is 312 g/mol. The molecule has 1 aliphatic carbocycles. The molecule has 0 radical (unpaired) electrons. The van der Waals surface area contributed by atoms with Gasteiger partial charge in [-0.25, -0.2) is 4.68 Å². The first kappa shape index (κ1) is 14.7. The van der Waals surface area contributed by atoms with Crippen molar-refractivity contribution in [1.29, 1.82) is 0 Å². The summed E-state index contributed by atoms with van der Waals surface area (Å²) in [4.78, 5) is 2.65. The molecule has 2 fully saturated rings. The fraction of sp³-hybridized carbons (Fsp3) is 0.556. The monoisotopic (exact) mass is 312 g/mol. The van der Waals surface area contributed by atoms with Crippen LogP contribution in [-0.4, -0.2) is 45.1 Å². The molecular weight excluding hydrogens is 288 g/mol. The number of benzene rings is 1. The zero-order chi connectivity index (χ0) is 15.6. The second kappa shape index (κ2) is 6.32. The Balaban J connectivity index is 1.34. The number of hydrogen-bond acceptors (Lipinski definition) is 4. The van der Waals surface area contributed by atoms with Crippen LogP contribution in [0.4, 0.5) is 0 Å². The van der Waals surface area contributed by atoms with Crippen LogP contribution >= 0.6 is 0 Å². The third-order valence-electron chi connectivity index (χ3n) is 5.17. The van der Waals surface area contributed by atoms with Crippen LogP contribution < -0.4 is 4.74 Å². The molecule has 0 spiro atoms. The summed E-state index contributed by atoms with van der Waals surface area (Å²) in [5.74, 6) is 0.952. The molecule has 23 heavy (non-hydrogen) atoms. The first-order valence-electron chi connectivity index (χ1n) is 8.68. The minimum atomic E-state index is 0.352. The van der Waals surface area contributed by atoms with E-state index in [1.807, 2.05) is 35.9 Å². The van der Waals surface area contributed by atoms with Crippen LogP contribution in [0.3, 0.4) is 0 Å². The van der Waals surface area contributed by atoms with Crippen molar-refractivity contribution in [2.75, 3.05) is 13.1 Å². The van der Waals surface area contributed by atoms with Gasteiger partial charge in [-0.2, -0.15) is 0 Å². The molecule has 1 aliphatic heterocycles. The third kappa shape index (κ3) is 3.11. The molecule has 0 bridgehead atoms. The Morgan fingerprint density at radius 2 is 1.78 bits per heavy atom. The van der Waals surface area contributed by atoms with Gasteiger partial charge in [0.25, 0.3) is 0 Å². The van der Waals surface area contributed by atoms with E-state index in [0.29, 0.717) is 6.10 Å². The summed E-state index contributed by atoms with van der Waals surface area (Å²) in [7, 11) is 0. The molecule has 1 saturated heterocycles. The van der Waals surface area contributed by atoms with Gasteiger partial charge >= 0.3 is 0 Å². The van der Waals surface area contributed by atoms with Crippen LogP contribution in [0.15, 0.2) is 30.5 Å². The average Bonchev–Trinajstić information content (AvgIpc) is 2.94. The normalized spacial score (nSPS) is 20.4. The molecule has 0 amide bonds. The molecule has 2 aliphatic rings. The van der Waals surface area contributed by atoms with E-state index in [1.54, 1.807) is 6.20 Å². The molecule has 0 atom stereocenters. The van der Waals surface area contributed by atoms with Gasteiger partial charge in [0.2, 0.25) is 0 Å². The van der Waals surface area contributed by atoms with E-state index in [4.69, 9.17) is 4.74 Å². The zero-order valence-corrected chi connectivity index (χ0v) is 13.7. The molecule has 0 unspecified atom stereocenters. The first-order chi connectivity index (χ1) is 11.3. The van der Waals surface area contributed by atoms with Crippen LogP contribution in [0.25, 0.3) is 5.69 Å². The Morgan fingerprint density at radius 1 is 1.04 bits per heavy atom. The summed E-state index contributed by atoms with van der Waals surface area (Å²) < 4.78 is 8.00. The minimum absolute atomic E-state index is 0.352. The van der Waals surface area contributed by atoms with Crippen molar-refractivity contribution in [3.63, 3.8) is 0 Å². The topological polar surface area (TPSA) is 43.2 Å². The fourth-order valence-electron chi connectivity index (χ4n) is 3.51. The van der Waals surface area contributed by atoms with Crippen molar-refractivity contribution < 1.29 is 4.74 Å². The molecule has 2 heterocycles. The number of likely N-dealkylation sites (tertiary alicyclic amines) is 1. The molecule has 122 valence electrons. The molecule has 2 aromatic rings. The highest BCUT2D eigenvalue weighted by Crippen LogP contribution is 2.28. The maximum absolute atomic E-state index is 6.17. The standard InChI is InChI=1S/C18H24N4O/c1-14-13-19-20-22(14)16-5-7-17(8-6-16)23-18-9-11-21(12-10-18)15-3-2-4-15/h5-8,13,15,18H,2-4,9-12H2,1H3. The fourth-order valence-corrected chi connectivity index (χ4v) is 3.51. The van der Waals surface area contributed by atoms with E-state index in [2.05, 4.69) is 15.2 Å². The minimum Gasteiger partial charge on any atom is -0.490 e.